The number of esters is 1. The van der Waals surface area contributed by atoms with Crippen LogP contribution in [-0.4, -0.2) is 57.8 Å². The van der Waals surface area contributed by atoms with E-state index >= 15 is 0 Å². The molecule has 2 fully saturated rings. The molecule has 0 aromatic rings. The molecular weight excluding hydrogens is 304 g/mol. The molecule has 0 aromatic heterocycles. The molecule has 128 valence electrons. The monoisotopic (exact) mass is 332 g/mol. The van der Waals surface area contributed by atoms with Crippen molar-refractivity contribution >= 4 is 16.0 Å². The molecule has 1 N–H and O–H groups in total. The highest BCUT2D eigenvalue weighted by Gasteiger charge is 2.30. The second-order valence-corrected chi connectivity index (χ2v) is 8.52. The number of carbonyl (C=O) groups excluding carboxylic acids is 1. The van der Waals surface area contributed by atoms with Crippen LogP contribution in [0.25, 0.3) is 0 Å². The molecule has 2 rings (SSSR count). The molecule has 1 aliphatic carbocycles. The smallest absolute Gasteiger partial charge is 0.309 e. The third-order valence-corrected chi connectivity index (χ3v) is 6.31. The number of hydrogen-bond donors (Lipinski definition) is 1. The first-order chi connectivity index (χ1) is 10.4. The average molecular weight is 332 g/mol. The van der Waals surface area contributed by atoms with Gasteiger partial charge in [0.15, 0.2) is 0 Å². The Hall–Kier alpha value is -0.660. The van der Waals surface area contributed by atoms with Gasteiger partial charge in [-0.15, -0.1) is 0 Å². The standard InChI is InChI=1S/C15H28N2O4S/c1-12(15(18)21-2)11-22(19,20)16-14-7-8-17(10-14)9-13-5-3-4-6-13/h12-14,16H,3-11H2,1-2H3. The van der Waals surface area contributed by atoms with E-state index < -0.39 is 21.9 Å². The summed E-state index contributed by atoms with van der Waals surface area (Å²) >= 11 is 0. The van der Waals surface area contributed by atoms with Crippen molar-refractivity contribution in [2.24, 2.45) is 11.8 Å². The average Bonchev–Trinajstić information content (AvgIpc) is 3.09. The van der Waals surface area contributed by atoms with Gasteiger partial charge in [0, 0.05) is 19.1 Å². The van der Waals surface area contributed by atoms with E-state index in [1.54, 1.807) is 6.92 Å². The van der Waals surface area contributed by atoms with E-state index in [1.807, 2.05) is 0 Å². The van der Waals surface area contributed by atoms with Gasteiger partial charge in [-0.3, -0.25) is 4.79 Å². The lowest BCUT2D eigenvalue weighted by Gasteiger charge is -2.20. The highest BCUT2D eigenvalue weighted by atomic mass is 32.2. The minimum atomic E-state index is -3.45. The minimum absolute atomic E-state index is 0.0313. The van der Waals surface area contributed by atoms with Crippen LogP contribution in [0.3, 0.4) is 0 Å². The lowest BCUT2D eigenvalue weighted by Crippen LogP contribution is -2.40. The number of hydrogen-bond acceptors (Lipinski definition) is 5. The van der Waals surface area contributed by atoms with Crippen molar-refractivity contribution in [3.63, 3.8) is 0 Å². The summed E-state index contributed by atoms with van der Waals surface area (Å²) in [6, 6.07) is -0.0313. The Labute approximate surface area is 133 Å². The second kappa shape index (κ2) is 7.75. The number of methoxy groups -OCH3 is 1. The van der Waals surface area contributed by atoms with Crippen LogP contribution in [0, 0.1) is 11.8 Å². The van der Waals surface area contributed by atoms with E-state index in [2.05, 4.69) is 14.4 Å². The van der Waals surface area contributed by atoms with Crippen molar-refractivity contribution in [2.75, 3.05) is 32.5 Å². The van der Waals surface area contributed by atoms with Gasteiger partial charge in [0.25, 0.3) is 0 Å². The number of carbonyl (C=O) groups is 1. The summed E-state index contributed by atoms with van der Waals surface area (Å²) in [6.45, 7) is 4.40. The van der Waals surface area contributed by atoms with E-state index in [0.717, 1.165) is 32.0 Å². The number of nitrogens with one attached hydrogen (secondary N) is 1. The third-order valence-electron chi connectivity index (χ3n) is 4.68. The molecule has 0 aromatic carbocycles. The zero-order valence-corrected chi connectivity index (χ0v) is 14.4. The molecule has 2 aliphatic rings. The molecule has 0 bridgehead atoms. The van der Waals surface area contributed by atoms with Gasteiger partial charge < -0.3 is 9.64 Å². The van der Waals surface area contributed by atoms with Gasteiger partial charge in [0.1, 0.15) is 0 Å². The van der Waals surface area contributed by atoms with Gasteiger partial charge in [0.05, 0.1) is 18.8 Å². The minimum Gasteiger partial charge on any atom is -0.469 e. The molecule has 1 aliphatic heterocycles. The quantitative estimate of drug-likeness (QED) is 0.703. The molecule has 2 atom stereocenters. The highest BCUT2D eigenvalue weighted by Crippen LogP contribution is 2.26. The Kier molecular flexibility index (Phi) is 6.23. The van der Waals surface area contributed by atoms with E-state index in [0.29, 0.717) is 0 Å². The van der Waals surface area contributed by atoms with Crippen molar-refractivity contribution in [3.05, 3.63) is 0 Å². The van der Waals surface area contributed by atoms with Crippen LogP contribution < -0.4 is 4.72 Å². The molecule has 1 saturated carbocycles. The molecule has 0 radical (unpaired) electrons. The van der Waals surface area contributed by atoms with Crippen LogP contribution in [0.4, 0.5) is 0 Å². The molecule has 22 heavy (non-hydrogen) atoms. The molecule has 7 heteroatoms. The lowest BCUT2D eigenvalue weighted by molar-refractivity contribution is -0.144. The van der Waals surface area contributed by atoms with Gasteiger partial charge in [-0.25, -0.2) is 13.1 Å². The third kappa shape index (κ3) is 5.21. The van der Waals surface area contributed by atoms with Crippen LogP contribution in [-0.2, 0) is 19.6 Å². The number of nitrogens with zero attached hydrogens (tertiary/aromatic N) is 1. The fraction of sp³-hybridized carbons (Fsp3) is 0.933. The first kappa shape index (κ1) is 17.7. The lowest BCUT2D eigenvalue weighted by atomic mass is 10.1. The van der Waals surface area contributed by atoms with Crippen molar-refractivity contribution in [2.45, 2.75) is 45.1 Å². The second-order valence-electron chi connectivity index (χ2n) is 6.72. The van der Waals surface area contributed by atoms with Crippen LogP contribution in [0.2, 0.25) is 0 Å². The van der Waals surface area contributed by atoms with Gasteiger partial charge >= 0.3 is 5.97 Å². The number of likely N-dealkylation sites (tertiary alicyclic amines) is 1. The molecule has 1 heterocycles. The predicted molar refractivity (Wildman–Crippen MR) is 84.9 cm³/mol. The Morgan fingerprint density at radius 3 is 2.64 bits per heavy atom. The van der Waals surface area contributed by atoms with Crippen LogP contribution >= 0.6 is 0 Å². The van der Waals surface area contributed by atoms with Crippen LogP contribution in [0.15, 0.2) is 0 Å². The Morgan fingerprint density at radius 1 is 1.32 bits per heavy atom. The number of sulfonamides is 1. The molecule has 1 saturated heterocycles. The summed E-state index contributed by atoms with van der Waals surface area (Å²) in [6.07, 6.45) is 6.13. The molecule has 0 amide bonds. The van der Waals surface area contributed by atoms with E-state index in [1.165, 1.54) is 32.8 Å². The Morgan fingerprint density at radius 2 is 2.00 bits per heavy atom. The molecule has 0 spiro atoms. The maximum atomic E-state index is 12.1. The highest BCUT2D eigenvalue weighted by molar-refractivity contribution is 7.89. The maximum Gasteiger partial charge on any atom is 0.309 e. The summed E-state index contributed by atoms with van der Waals surface area (Å²) in [5.41, 5.74) is 0. The van der Waals surface area contributed by atoms with E-state index in [4.69, 9.17) is 0 Å². The van der Waals surface area contributed by atoms with E-state index in [-0.39, 0.29) is 11.8 Å². The first-order valence-electron chi connectivity index (χ1n) is 8.20. The molecular formula is C15H28N2O4S. The predicted octanol–water partition coefficient (Wildman–Crippen LogP) is 0.979. The van der Waals surface area contributed by atoms with Gasteiger partial charge in [-0.05, 0) is 31.7 Å². The summed E-state index contributed by atoms with van der Waals surface area (Å²) in [7, 11) is -2.17. The van der Waals surface area contributed by atoms with Crippen LogP contribution in [0.1, 0.15) is 39.0 Å². The van der Waals surface area contributed by atoms with Crippen molar-refractivity contribution in [1.29, 1.82) is 0 Å². The van der Waals surface area contributed by atoms with Crippen LogP contribution in [0.5, 0.6) is 0 Å². The zero-order valence-electron chi connectivity index (χ0n) is 13.6. The number of ether oxygens (including phenoxy) is 1. The SMILES string of the molecule is COC(=O)C(C)CS(=O)(=O)NC1CCN(CC2CCCC2)C1. The summed E-state index contributed by atoms with van der Waals surface area (Å²) in [5.74, 6) is -0.549. The van der Waals surface area contributed by atoms with Crippen molar-refractivity contribution < 1.29 is 17.9 Å². The maximum absolute atomic E-state index is 12.1. The fourth-order valence-corrected chi connectivity index (χ4v) is 5.14. The van der Waals surface area contributed by atoms with Crippen molar-refractivity contribution in [1.82, 2.24) is 9.62 Å². The molecule has 2 unspecified atom stereocenters. The van der Waals surface area contributed by atoms with Crippen molar-refractivity contribution in [3.8, 4) is 0 Å². The summed E-state index contributed by atoms with van der Waals surface area (Å²) in [5, 5.41) is 0. The fourth-order valence-electron chi connectivity index (χ4n) is 3.55. The van der Waals surface area contributed by atoms with Gasteiger partial charge in [0.2, 0.25) is 10.0 Å². The Balaban J connectivity index is 1.77. The summed E-state index contributed by atoms with van der Waals surface area (Å²) < 4.78 is 31.6. The zero-order chi connectivity index (χ0) is 16.2. The Bertz CT molecular complexity index is 474. The van der Waals surface area contributed by atoms with Gasteiger partial charge in [-0.2, -0.15) is 0 Å². The topological polar surface area (TPSA) is 75.7 Å². The first-order valence-corrected chi connectivity index (χ1v) is 9.85. The summed E-state index contributed by atoms with van der Waals surface area (Å²) in [4.78, 5) is 13.7. The normalized spacial score (nSPS) is 25.5. The largest absolute Gasteiger partial charge is 0.469 e. The molecule has 6 nitrogen and oxygen atoms in total. The van der Waals surface area contributed by atoms with Gasteiger partial charge in [-0.1, -0.05) is 19.8 Å². The number of rotatable bonds is 7. The van der Waals surface area contributed by atoms with E-state index in [9.17, 15) is 13.2 Å².